The van der Waals surface area contributed by atoms with Gasteiger partial charge in [-0.2, -0.15) is 4.98 Å². The predicted octanol–water partition coefficient (Wildman–Crippen LogP) is 3.05. The lowest BCUT2D eigenvalue weighted by atomic mass is 9.53. The summed E-state index contributed by atoms with van der Waals surface area (Å²) in [5, 5.41) is 0. The van der Waals surface area contributed by atoms with Crippen LogP contribution in [0.1, 0.15) is 37.2 Å². The van der Waals surface area contributed by atoms with Crippen LogP contribution in [0.3, 0.4) is 0 Å². The number of hydrogen-bond donors (Lipinski definition) is 0. The summed E-state index contributed by atoms with van der Waals surface area (Å²) in [6, 6.07) is 1.79. The number of nitrogens with zero attached hydrogens (tertiary/aromatic N) is 2. The Morgan fingerprint density at radius 3 is 2.44 bits per heavy atom. The molecule has 0 unspecified atom stereocenters. The monoisotopic (exact) mass is 254 g/mol. The first-order valence-electron chi connectivity index (χ1n) is 6.23. The molecule has 0 radical (unpaired) electrons. The van der Waals surface area contributed by atoms with Crippen molar-refractivity contribution >= 4 is 0 Å². The Morgan fingerprint density at radius 2 is 1.89 bits per heavy atom. The van der Waals surface area contributed by atoms with E-state index in [2.05, 4.69) is 9.97 Å². The molecule has 1 aromatic rings. The molecule has 0 amide bonds. The third kappa shape index (κ3) is 2.06. The van der Waals surface area contributed by atoms with E-state index < -0.39 is 5.92 Å². The first-order valence-corrected chi connectivity index (χ1v) is 6.23. The van der Waals surface area contributed by atoms with Gasteiger partial charge in [-0.3, -0.25) is 0 Å². The van der Waals surface area contributed by atoms with Gasteiger partial charge < -0.3 is 4.74 Å². The summed E-state index contributed by atoms with van der Waals surface area (Å²) in [5.41, 5.74) is 0.715. The summed E-state index contributed by atoms with van der Waals surface area (Å²) in [6.45, 7) is 3.70. The van der Waals surface area contributed by atoms with Gasteiger partial charge in [-0.15, -0.1) is 0 Å². The molecule has 0 aromatic carbocycles. The van der Waals surface area contributed by atoms with Gasteiger partial charge in [0.1, 0.15) is 11.9 Å². The number of alkyl halides is 2. The van der Waals surface area contributed by atoms with E-state index in [4.69, 9.17) is 4.74 Å². The van der Waals surface area contributed by atoms with E-state index in [1.165, 1.54) is 0 Å². The van der Waals surface area contributed by atoms with Crippen LogP contribution in [0.25, 0.3) is 0 Å². The van der Waals surface area contributed by atoms with E-state index in [0.29, 0.717) is 11.7 Å². The van der Waals surface area contributed by atoms with E-state index in [0.717, 1.165) is 18.5 Å². The van der Waals surface area contributed by atoms with Crippen LogP contribution in [0, 0.1) is 19.3 Å². The minimum atomic E-state index is -2.44. The molecule has 1 aromatic heterocycles. The average Bonchev–Trinajstić information content (AvgIpc) is 2.09. The summed E-state index contributed by atoms with van der Waals surface area (Å²) in [6.07, 6.45) is 1.55. The molecule has 2 saturated carbocycles. The standard InChI is InChI=1S/C13H16F2N2O/c1-8-3-11(17-9(2)16-8)18-10-4-12(5-10)6-13(14,15)7-12/h3,10H,4-7H2,1-2H3. The Balaban J connectivity index is 1.57. The van der Waals surface area contributed by atoms with Gasteiger partial charge in [0.05, 0.1) is 0 Å². The zero-order chi connectivity index (χ0) is 13.0. The normalized spacial score (nSPS) is 24.4. The fraction of sp³-hybridized carbons (Fsp3) is 0.692. The number of ether oxygens (including phenoxy) is 1. The molecule has 3 rings (SSSR count). The molecule has 0 bridgehead atoms. The lowest BCUT2D eigenvalue weighted by Gasteiger charge is -2.56. The highest BCUT2D eigenvalue weighted by atomic mass is 19.3. The molecule has 2 fully saturated rings. The predicted molar refractivity (Wildman–Crippen MR) is 61.8 cm³/mol. The molecule has 1 heterocycles. The second kappa shape index (κ2) is 3.62. The smallest absolute Gasteiger partial charge is 0.249 e. The highest BCUT2D eigenvalue weighted by molar-refractivity contribution is 5.17. The maximum Gasteiger partial charge on any atom is 0.249 e. The van der Waals surface area contributed by atoms with Crippen molar-refractivity contribution in [3.63, 3.8) is 0 Å². The zero-order valence-electron chi connectivity index (χ0n) is 10.5. The maximum absolute atomic E-state index is 12.9. The van der Waals surface area contributed by atoms with Crippen molar-refractivity contribution in [1.82, 2.24) is 9.97 Å². The Bertz CT molecular complexity index is 454. The van der Waals surface area contributed by atoms with Crippen molar-refractivity contribution in [1.29, 1.82) is 0 Å². The summed E-state index contributed by atoms with van der Waals surface area (Å²) in [5.74, 6) is -1.20. The van der Waals surface area contributed by atoms with E-state index in [-0.39, 0.29) is 24.4 Å². The van der Waals surface area contributed by atoms with Gasteiger partial charge in [0, 0.05) is 24.6 Å². The summed E-state index contributed by atoms with van der Waals surface area (Å²) in [4.78, 5) is 8.36. The fourth-order valence-corrected chi connectivity index (χ4v) is 3.24. The minimum Gasteiger partial charge on any atom is -0.474 e. The molecular weight excluding hydrogens is 238 g/mol. The lowest BCUT2D eigenvalue weighted by molar-refractivity contribution is -0.215. The quantitative estimate of drug-likeness (QED) is 0.813. The number of rotatable bonds is 2. The van der Waals surface area contributed by atoms with Crippen LogP contribution < -0.4 is 4.74 Å². The zero-order valence-corrected chi connectivity index (χ0v) is 10.5. The van der Waals surface area contributed by atoms with Crippen molar-refractivity contribution in [2.75, 3.05) is 0 Å². The second-order valence-electron chi connectivity index (χ2n) is 5.75. The Hall–Kier alpha value is -1.26. The van der Waals surface area contributed by atoms with E-state index >= 15 is 0 Å². The summed E-state index contributed by atoms with van der Waals surface area (Å²) >= 11 is 0. The van der Waals surface area contributed by atoms with Crippen LogP contribution >= 0.6 is 0 Å². The third-order valence-electron chi connectivity index (χ3n) is 3.82. The molecule has 3 nitrogen and oxygen atoms in total. The molecule has 0 atom stereocenters. The largest absolute Gasteiger partial charge is 0.474 e. The van der Waals surface area contributed by atoms with Gasteiger partial charge >= 0.3 is 0 Å². The van der Waals surface area contributed by atoms with Crippen LogP contribution in [0.2, 0.25) is 0 Å². The maximum atomic E-state index is 12.9. The van der Waals surface area contributed by atoms with Crippen LogP contribution in [0.4, 0.5) is 8.78 Å². The highest BCUT2D eigenvalue weighted by Gasteiger charge is 2.62. The van der Waals surface area contributed by atoms with Crippen LogP contribution in [0.5, 0.6) is 5.88 Å². The van der Waals surface area contributed by atoms with Gasteiger partial charge in [0.2, 0.25) is 11.8 Å². The molecular formula is C13H16F2N2O. The van der Waals surface area contributed by atoms with Crippen molar-refractivity contribution in [3.8, 4) is 5.88 Å². The Morgan fingerprint density at radius 1 is 1.22 bits per heavy atom. The number of aryl methyl sites for hydroxylation is 2. The summed E-state index contributed by atoms with van der Waals surface area (Å²) in [7, 11) is 0. The second-order valence-corrected chi connectivity index (χ2v) is 5.75. The highest BCUT2D eigenvalue weighted by Crippen LogP contribution is 2.62. The molecule has 0 saturated heterocycles. The third-order valence-corrected chi connectivity index (χ3v) is 3.82. The lowest BCUT2D eigenvalue weighted by Crippen LogP contribution is -2.56. The Labute approximate surface area is 105 Å². The van der Waals surface area contributed by atoms with Crippen molar-refractivity contribution in [2.45, 2.75) is 51.6 Å². The van der Waals surface area contributed by atoms with E-state index in [1.807, 2.05) is 13.8 Å². The van der Waals surface area contributed by atoms with Gasteiger partial charge in [0.25, 0.3) is 0 Å². The van der Waals surface area contributed by atoms with Crippen LogP contribution in [-0.2, 0) is 0 Å². The van der Waals surface area contributed by atoms with Gasteiger partial charge in [-0.1, -0.05) is 0 Å². The first kappa shape index (κ1) is 11.8. The number of halogens is 2. The average molecular weight is 254 g/mol. The van der Waals surface area contributed by atoms with Gasteiger partial charge in [-0.25, -0.2) is 13.8 Å². The molecule has 2 aliphatic rings. The van der Waals surface area contributed by atoms with E-state index in [9.17, 15) is 8.78 Å². The Kier molecular flexibility index (Phi) is 2.37. The molecule has 2 aliphatic carbocycles. The van der Waals surface area contributed by atoms with Crippen molar-refractivity contribution in [2.24, 2.45) is 5.41 Å². The summed E-state index contributed by atoms with van der Waals surface area (Å²) < 4.78 is 31.4. The molecule has 98 valence electrons. The van der Waals surface area contributed by atoms with Crippen LogP contribution in [0.15, 0.2) is 6.07 Å². The molecule has 0 N–H and O–H groups in total. The fourth-order valence-electron chi connectivity index (χ4n) is 3.24. The molecule has 5 heteroatoms. The van der Waals surface area contributed by atoms with Crippen molar-refractivity contribution in [3.05, 3.63) is 17.6 Å². The van der Waals surface area contributed by atoms with Gasteiger partial charge in [0.15, 0.2) is 0 Å². The van der Waals surface area contributed by atoms with Gasteiger partial charge in [-0.05, 0) is 32.1 Å². The first-order chi connectivity index (χ1) is 8.36. The molecule has 18 heavy (non-hydrogen) atoms. The SMILES string of the molecule is Cc1cc(OC2CC3(C2)CC(F)(F)C3)nc(C)n1. The number of hydrogen-bond acceptors (Lipinski definition) is 3. The minimum absolute atomic E-state index is 0.0295. The number of aromatic nitrogens is 2. The topological polar surface area (TPSA) is 35.0 Å². The van der Waals surface area contributed by atoms with Crippen molar-refractivity contribution < 1.29 is 13.5 Å². The molecule has 1 spiro atoms. The van der Waals surface area contributed by atoms with Crippen LogP contribution in [-0.4, -0.2) is 22.0 Å². The van der Waals surface area contributed by atoms with E-state index in [1.54, 1.807) is 6.07 Å². The molecule has 0 aliphatic heterocycles.